The summed E-state index contributed by atoms with van der Waals surface area (Å²) in [5.74, 6) is 1.05. The number of nitrogens with zero attached hydrogens (tertiary/aromatic N) is 3. The van der Waals surface area contributed by atoms with Gasteiger partial charge in [0.1, 0.15) is 5.82 Å². The molecule has 0 unspecified atom stereocenters. The Morgan fingerprint density at radius 3 is 2.18 bits per heavy atom. The molecule has 2 heterocycles. The molecule has 158 valence electrons. The molecule has 0 aromatic carbocycles. The predicted octanol–water partition coefficient (Wildman–Crippen LogP) is 4.48. The molecule has 1 aliphatic heterocycles. The zero-order valence-electron chi connectivity index (χ0n) is 19.0. The van der Waals surface area contributed by atoms with E-state index in [9.17, 15) is 4.79 Å². The molecule has 1 amide bonds. The van der Waals surface area contributed by atoms with Crippen LogP contribution < -0.4 is 10.2 Å². The quantitative estimate of drug-likeness (QED) is 0.713. The second kappa shape index (κ2) is 9.25. The number of piperidine rings is 1. The summed E-state index contributed by atoms with van der Waals surface area (Å²) in [6.07, 6.45) is 5.81. The Kier molecular flexibility index (Phi) is 7.49. The summed E-state index contributed by atoms with van der Waals surface area (Å²) in [5, 5.41) is 3.73. The Morgan fingerprint density at radius 2 is 1.71 bits per heavy atom. The fourth-order valence-electron chi connectivity index (χ4n) is 4.68. The van der Waals surface area contributed by atoms with Gasteiger partial charge in [0, 0.05) is 43.0 Å². The van der Waals surface area contributed by atoms with Crippen LogP contribution in [0.15, 0.2) is 18.3 Å². The summed E-state index contributed by atoms with van der Waals surface area (Å²) >= 11 is 0. The third-order valence-corrected chi connectivity index (χ3v) is 5.71. The van der Waals surface area contributed by atoms with Crippen LogP contribution in [0.1, 0.15) is 84.5 Å². The molecule has 1 aromatic rings. The minimum Gasteiger partial charge on any atom is -0.357 e. The molecule has 5 nitrogen and oxygen atoms in total. The number of anilines is 1. The SMILES string of the molecule is CCCCN(C(=O)c1ccc(N(CC)CC)nc1)C1CC(C)(C)NC(C)(C)C1. The Balaban J connectivity index is 2.25. The Hall–Kier alpha value is -1.62. The maximum Gasteiger partial charge on any atom is 0.255 e. The van der Waals surface area contributed by atoms with E-state index in [1.807, 2.05) is 12.1 Å². The fourth-order valence-corrected chi connectivity index (χ4v) is 4.68. The summed E-state index contributed by atoms with van der Waals surface area (Å²) in [7, 11) is 0. The number of carbonyl (C=O) groups is 1. The van der Waals surface area contributed by atoms with Crippen molar-refractivity contribution in [2.75, 3.05) is 24.5 Å². The summed E-state index contributed by atoms with van der Waals surface area (Å²) < 4.78 is 0. The Bertz CT molecular complexity index is 619. The van der Waals surface area contributed by atoms with E-state index in [1.54, 1.807) is 6.20 Å². The zero-order chi connectivity index (χ0) is 20.9. The van der Waals surface area contributed by atoms with Crippen LogP contribution in [-0.4, -0.2) is 52.5 Å². The van der Waals surface area contributed by atoms with Crippen LogP contribution in [0.25, 0.3) is 0 Å². The third-order valence-electron chi connectivity index (χ3n) is 5.71. The van der Waals surface area contributed by atoms with Crippen molar-refractivity contribution in [1.29, 1.82) is 0 Å². The largest absolute Gasteiger partial charge is 0.357 e. The molecule has 2 rings (SSSR count). The van der Waals surface area contributed by atoms with Crippen molar-refractivity contribution in [3.8, 4) is 0 Å². The van der Waals surface area contributed by atoms with Gasteiger partial charge in [0.2, 0.25) is 0 Å². The highest BCUT2D eigenvalue weighted by molar-refractivity contribution is 5.94. The first-order valence-corrected chi connectivity index (χ1v) is 10.9. The van der Waals surface area contributed by atoms with E-state index >= 15 is 0 Å². The first-order chi connectivity index (χ1) is 13.1. The monoisotopic (exact) mass is 388 g/mol. The number of nitrogens with one attached hydrogen (secondary N) is 1. The first-order valence-electron chi connectivity index (χ1n) is 10.9. The maximum atomic E-state index is 13.4. The number of unbranched alkanes of at least 4 members (excludes halogenated alkanes) is 1. The van der Waals surface area contributed by atoms with Crippen molar-refractivity contribution in [2.45, 2.75) is 91.3 Å². The second-order valence-electron chi connectivity index (χ2n) is 9.38. The van der Waals surface area contributed by atoms with Crippen molar-refractivity contribution in [1.82, 2.24) is 15.2 Å². The van der Waals surface area contributed by atoms with E-state index < -0.39 is 0 Å². The Labute approximate surface area is 171 Å². The van der Waals surface area contributed by atoms with Crippen LogP contribution in [-0.2, 0) is 0 Å². The normalized spacial score (nSPS) is 18.7. The van der Waals surface area contributed by atoms with Crippen LogP contribution in [0.4, 0.5) is 5.82 Å². The second-order valence-corrected chi connectivity index (χ2v) is 9.38. The topological polar surface area (TPSA) is 48.5 Å². The van der Waals surface area contributed by atoms with Gasteiger partial charge in [-0.15, -0.1) is 0 Å². The van der Waals surface area contributed by atoms with E-state index in [0.717, 1.165) is 51.1 Å². The summed E-state index contributed by atoms with van der Waals surface area (Å²) in [4.78, 5) is 22.3. The van der Waals surface area contributed by atoms with Gasteiger partial charge >= 0.3 is 0 Å². The average Bonchev–Trinajstić information content (AvgIpc) is 2.61. The van der Waals surface area contributed by atoms with Gasteiger partial charge in [-0.25, -0.2) is 4.98 Å². The summed E-state index contributed by atoms with van der Waals surface area (Å²) in [6, 6.07) is 4.17. The predicted molar refractivity (Wildman–Crippen MR) is 118 cm³/mol. The number of carbonyl (C=O) groups excluding carboxylic acids is 1. The Morgan fingerprint density at radius 1 is 1.11 bits per heavy atom. The van der Waals surface area contributed by atoms with Crippen LogP contribution in [0, 0.1) is 0 Å². The average molecular weight is 389 g/mol. The van der Waals surface area contributed by atoms with Gasteiger partial charge in [-0.3, -0.25) is 4.79 Å². The van der Waals surface area contributed by atoms with Crippen molar-refractivity contribution < 1.29 is 4.79 Å². The standard InChI is InChI=1S/C23H40N4O/c1-8-11-14-27(19-15-22(4,5)25-23(6,7)16-19)21(28)18-12-13-20(24-17-18)26(9-2)10-3/h12-13,17,19,25H,8-11,14-16H2,1-7H3. The lowest BCUT2D eigenvalue weighted by molar-refractivity contribution is 0.0441. The zero-order valence-corrected chi connectivity index (χ0v) is 19.0. The summed E-state index contributed by atoms with van der Waals surface area (Å²) in [5.41, 5.74) is 0.727. The molecular weight excluding hydrogens is 348 g/mol. The minimum atomic E-state index is 0.0159. The molecule has 0 spiro atoms. The van der Waals surface area contributed by atoms with Gasteiger partial charge in [-0.1, -0.05) is 13.3 Å². The van der Waals surface area contributed by atoms with Crippen molar-refractivity contribution in [3.05, 3.63) is 23.9 Å². The molecule has 1 aromatic heterocycles. The lowest BCUT2D eigenvalue weighted by Crippen LogP contribution is -2.62. The number of aromatic nitrogens is 1. The molecule has 0 aliphatic carbocycles. The van der Waals surface area contributed by atoms with Gasteiger partial charge in [0.15, 0.2) is 0 Å². The molecule has 1 saturated heterocycles. The smallest absolute Gasteiger partial charge is 0.255 e. The molecule has 0 saturated carbocycles. The third kappa shape index (κ3) is 5.69. The number of rotatable bonds is 8. The van der Waals surface area contributed by atoms with Crippen molar-refractivity contribution in [2.24, 2.45) is 0 Å². The molecule has 0 bridgehead atoms. The highest BCUT2D eigenvalue weighted by atomic mass is 16.2. The van der Waals surface area contributed by atoms with E-state index in [4.69, 9.17) is 0 Å². The molecule has 0 radical (unpaired) electrons. The number of hydrogen-bond donors (Lipinski definition) is 1. The van der Waals surface area contributed by atoms with Crippen LogP contribution >= 0.6 is 0 Å². The molecule has 1 aliphatic rings. The van der Waals surface area contributed by atoms with E-state index in [2.05, 4.69) is 68.6 Å². The molecule has 28 heavy (non-hydrogen) atoms. The number of amides is 1. The summed E-state index contributed by atoms with van der Waals surface area (Å²) in [6.45, 7) is 18.0. The minimum absolute atomic E-state index is 0.0159. The van der Waals surface area contributed by atoms with Crippen molar-refractivity contribution >= 4 is 11.7 Å². The fraction of sp³-hybridized carbons (Fsp3) is 0.739. The van der Waals surface area contributed by atoms with Crippen molar-refractivity contribution in [3.63, 3.8) is 0 Å². The van der Waals surface area contributed by atoms with Gasteiger partial charge in [-0.2, -0.15) is 0 Å². The molecule has 0 atom stereocenters. The van der Waals surface area contributed by atoms with Crippen LogP contribution in [0.2, 0.25) is 0 Å². The van der Waals surface area contributed by atoms with Gasteiger partial charge < -0.3 is 15.1 Å². The lowest BCUT2D eigenvalue weighted by Gasteiger charge is -2.49. The van der Waals surface area contributed by atoms with E-state index in [1.165, 1.54) is 0 Å². The van der Waals surface area contributed by atoms with Crippen LogP contribution in [0.3, 0.4) is 0 Å². The maximum absolute atomic E-state index is 13.4. The van der Waals surface area contributed by atoms with Crippen LogP contribution in [0.5, 0.6) is 0 Å². The first kappa shape index (κ1) is 22.7. The molecule has 1 N–H and O–H groups in total. The number of pyridine rings is 1. The van der Waals surface area contributed by atoms with Gasteiger partial charge in [0.05, 0.1) is 5.56 Å². The highest BCUT2D eigenvalue weighted by Gasteiger charge is 2.41. The highest BCUT2D eigenvalue weighted by Crippen LogP contribution is 2.32. The van der Waals surface area contributed by atoms with E-state index in [-0.39, 0.29) is 23.0 Å². The molecule has 1 fully saturated rings. The molecule has 5 heteroatoms. The number of hydrogen-bond acceptors (Lipinski definition) is 4. The van der Waals surface area contributed by atoms with E-state index in [0.29, 0.717) is 5.56 Å². The molecular formula is C23H40N4O. The van der Waals surface area contributed by atoms with Gasteiger partial charge in [0.25, 0.3) is 5.91 Å². The lowest BCUT2D eigenvalue weighted by atomic mass is 9.79. The van der Waals surface area contributed by atoms with Gasteiger partial charge in [-0.05, 0) is 72.9 Å².